The highest BCUT2D eigenvalue weighted by Crippen LogP contribution is 2.19. The van der Waals surface area contributed by atoms with Crippen molar-refractivity contribution in [2.45, 2.75) is 25.5 Å². The van der Waals surface area contributed by atoms with E-state index in [1.807, 2.05) is 30.5 Å². The van der Waals surface area contributed by atoms with Crippen LogP contribution in [-0.4, -0.2) is 34.5 Å². The largest absolute Gasteiger partial charge is 0.387 e. The van der Waals surface area contributed by atoms with Gasteiger partial charge in [0.15, 0.2) is 0 Å². The first-order valence-electron chi connectivity index (χ1n) is 8.97. The van der Waals surface area contributed by atoms with Gasteiger partial charge in [0, 0.05) is 37.0 Å². The number of aliphatic hydroxyl groups excluding tert-OH is 1. The lowest BCUT2D eigenvalue weighted by Gasteiger charge is -2.19. The summed E-state index contributed by atoms with van der Waals surface area (Å²) in [6.45, 7) is 1.25. The highest BCUT2D eigenvalue weighted by Gasteiger charge is 2.22. The van der Waals surface area contributed by atoms with Crippen LogP contribution in [0.2, 0.25) is 0 Å². The molecule has 28 heavy (non-hydrogen) atoms. The summed E-state index contributed by atoms with van der Waals surface area (Å²) >= 11 is 0. The van der Waals surface area contributed by atoms with Gasteiger partial charge in [0.05, 0.1) is 6.10 Å². The molecule has 6 nitrogen and oxygen atoms in total. The smallest absolute Gasteiger partial charge is 0.243 e. The van der Waals surface area contributed by atoms with E-state index < -0.39 is 23.9 Å². The Morgan fingerprint density at radius 1 is 1.18 bits per heavy atom. The van der Waals surface area contributed by atoms with Crippen LogP contribution in [0.3, 0.4) is 0 Å². The minimum Gasteiger partial charge on any atom is -0.387 e. The van der Waals surface area contributed by atoms with Crippen LogP contribution in [-0.2, 0) is 16.0 Å². The van der Waals surface area contributed by atoms with Gasteiger partial charge in [0.1, 0.15) is 11.9 Å². The number of aromatic nitrogens is 1. The molecule has 0 fully saturated rings. The second-order valence-electron chi connectivity index (χ2n) is 6.63. The van der Waals surface area contributed by atoms with Gasteiger partial charge in [-0.25, -0.2) is 4.39 Å². The number of hydrogen-bond donors (Lipinski definition) is 4. The molecule has 1 heterocycles. The van der Waals surface area contributed by atoms with E-state index >= 15 is 0 Å². The molecule has 0 saturated heterocycles. The Kier molecular flexibility index (Phi) is 6.06. The molecule has 7 heteroatoms. The summed E-state index contributed by atoms with van der Waals surface area (Å²) in [6.07, 6.45) is 1.06. The predicted octanol–water partition coefficient (Wildman–Crippen LogP) is 2.20. The quantitative estimate of drug-likeness (QED) is 0.504. The lowest BCUT2D eigenvalue weighted by Crippen LogP contribution is -2.48. The van der Waals surface area contributed by atoms with Gasteiger partial charge in [-0.3, -0.25) is 9.59 Å². The zero-order valence-electron chi connectivity index (χ0n) is 15.4. The number of para-hydroxylation sites is 1. The molecule has 2 unspecified atom stereocenters. The van der Waals surface area contributed by atoms with Crippen molar-refractivity contribution >= 4 is 22.7 Å². The second kappa shape index (κ2) is 8.67. The molecule has 4 N–H and O–H groups in total. The summed E-state index contributed by atoms with van der Waals surface area (Å²) in [5.74, 6) is -1.21. The fraction of sp³-hybridized carbons (Fsp3) is 0.238. The highest BCUT2D eigenvalue weighted by molar-refractivity contribution is 5.89. The van der Waals surface area contributed by atoms with Crippen LogP contribution in [0.1, 0.15) is 24.2 Å². The topological polar surface area (TPSA) is 94.2 Å². The molecule has 2 aromatic carbocycles. The summed E-state index contributed by atoms with van der Waals surface area (Å²) in [4.78, 5) is 27.3. The number of benzene rings is 2. The number of amides is 2. The molecule has 0 aliphatic rings. The molecule has 3 aromatic rings. The van der Waals surface area contributed by atoms with Crippen molar-refractivity contribution in [3.8, 4) is 0 Å². The minimum atomic E-state index is -1.05. The maximum Gasteiger partial charge on any atom is 0.243 e. The van der Waals surface area contributed by atoms with Gasteiger partial charge in [0.25, 0.3) is 0 Å². The molecule has 0 bridgehead atoms. The van der Waals surface area contributed by atoms with Crippen LogP contribution in [0.25, 0.3) is 10.9 Å². The standard InChI is InChI=1S/C21H22FN3O3/c1-13(26)25-19(10-15-11-23-18-8-3-2-7-17(15)18)21(28)24-12-20(27)14-5-4-6-16(22)9-14/h2-9,11,19-20,23,27H,10,12H2,1H3,(H,24,28)(H,25,26). The van der Waals surface area contributed by atoms with Crippen LogP contribution >= 0.6 is 0 Å². The van der Waals surface area contributed by atoms with E-state index in [4.69, 9.17) is 0 Å². The molecule has 2 atom stereocenters. The summed E-state index contributed by atoms with van der Waals surface area (Å²) in [5, 5.41) is 16.4. The van der Waals surface area contributed by atoms with Crippen LogP contribution < -0.4 is 10.6 Å². The highest BCUT2D eigenvalue weighted by atomic mass is 19.1. The molecule has 146 valence electrons. The van der Waals surface area contributed by atoms with E-state index in [0.717, 1.165) is 16.5 Å². The van der Waals surface area contributed by atoms with Crippen LogP contribution in [0, 0.1) is 5.82 Å². The normalized spacial score (nSPS) is 13.1. The summed E-state index contributed by atoms with van der Waals surface area (Å²) < 4.78 is 13.3. The number of halogens is 1. The van der Waals surface area contributed by atoms with E-state index in [0.29, 0.717) is 12.0 Å². The van der Waals surface area contributed by atoms with Gasteiger partial charge in [0.2, 0.25) is 11.8 Å². The van der Waals surface area contributed by atoms with Crippen molar-refractivity contribution in [3.05, 3.63) is 71.7 Å². The zero-order valence-corrected chi connectivity index (χ0v) is 15.4. The second-order valence-corrected chi connectivity index (χ2v) is 6.63. The monoisotopic (exact) mass is 383 g/mol. The lowest BCUT2D eigenvalue weighted by atomic mass is 10.0. The van der Waals surface area contributed by atoms with Crippen molar-refractivity contribution in [1.82, 2.24) is 15.6 Å². The third kappa shape index (κ3) is 4.75. The summed E-state index contributed by atoms with van der Waals surface area (Å²) in [7, 11) is 0. The van der Waals surface area contributed by atoms with E-state index in [1.165, 1.54) is 25.1 Å². The van der Waals surface area contributed by atoms with E-state index in [2.05, 4.69) is 15.6 Å². The maximum atomic E-state index is 13.3. The molecular formula is C21H22FN3O3. The number of rotatable bonds is 7. The number of aliphatic hydroxyl groups is 1. The number of carbonyl (C=O) groups excluding carboxylic acids is 2. The molecule has 0 spiro atoms. The number of hydrogen-bond acceptors (Lipinski definition) is 3. The average Bonchev–Trinajstić information content (AvgIpc) is 3.08. The Bertz CT molecular complexity index is 986. The minimum absolute atomic E-state index is 0.0910. The van der Waals surface area contributed by atoms with Gasteiger partial charge in [-0.05, 0) is 29.3 Å². The van der Waals surface area contributed by atoms with Crippen molar-refractivity contribution in [1.29, 1.82) is 0 Å². The Morgan fingerprint density at radius 3 is 2.71 bits per heavy atom. The van der Waals surface area contributed by atoms with Crippen molar-refractivity contribution in [3.63, 3.8) is 0 Å². The lowest BCUT2D eigenvalue weighted by molar-refractivity contribution is -0.128. The molecule has 1 aromatic heterocycles. The third-order valence-electron chi connectivity index (χ3n) is 4.50. The Morgan fingerprint density at radius 2 is 1.96 bits per heavy atom. The molecular weight excluding hydrogens is 361 g/mol. The molecule has 0 radical (unpaired) electrons. The SMILES string of the molecule is CC(=O)NC(Cc1c[nH]c2ccccc12)C(=O)NCC(O)c1cccc(F)c1. The first kappa shape index (κ1) is 19.6. The fourth-order valence-corrected chi connectivity index (χ4v) is 3.13. The molecule has 3 rings (SSSR count). The van der Waals surface area contributed by atoms with Crippen LogP contribution in [0.15, 0.2) is 54.7 Å². The maximum absolute atomic E-state index is 13.3. The third-order valence-corrected chi connectivity index (χ3v) is 4.50. The predicted molar refractivity (Wildman–Crippen MR) is 104 cm³/mol. The van der Waals surface area contributed by atoms with E-state index in [9.17, 15) is 19.1 Å². The number of carbonyl (C=O) groups is 2. The number of aromatic amines is 1. The summed E-state index contributed by atoms with van der Waals surface area (Å²) in [6, 6.07) is 12.5. The molecule has 0 aliphatic heterocycles. The molecule has 0 aliphatic carbocycles. The Hall–Kier alpha value is -3.19. The van der Waals surface area contributed by atoms with Gasteiger partial charge < -0.3 is 20.7 Å². The number of fused-ring (bicyclic) bond motifs is 1. The fourth-order valence-electron chi connectivity index (χ4n) is 3.13. The first-order valence-corrected chi connectivity index (χ1v) is 8.97. The van der Waals surface area contributed by atoms with Crippen molar-refractivity contribution in [2.75, 3.05) is 6.54 Å². The van der Waals surface area contributed by atoms with Gasteiger partial charge in [-0.1, -0.05) is 30.3 Å². The van der Waals surface area contributed by atoms with Crippen molar-refractivity contribution < 1.29 is 19.1 Å². The number of H-pyrrole nitrogens is 1. The van der Waals surface area contributed by atoms with Crippen LogP contribution in [0.4, 0.5) is 4.39 Å². The molecule has 2 amide bonds. The first-order chi connectivity index (χ1) is 13.4. The zero-order chi connectivity index (χ0) is 20.1. The average molecular weight is 383 g/mol. The number of nitrogens with one attached hydrogen (secondary N) is 3. The van der Waals surface area contributed by atoms with Crippen LogP contribution in [0.5, 0.6) is 0 Å². The van der Waals surface area contributed by atoms with E-state index in [1.54, 1.807) is 6.07 Å². The van der Waals surface area contributed by atoms with Gasteiger partial charge in [-0.2, -0.15) is 0 Å². The Labute approximate surface area is 161 Å². The Balaban J connectivity index is 1.68. The molecule has 0 saturated carbocycles. The van der Waals surface area contributed by atoms with Gasteiger partial charge >= 0.3 is 0 Å². The van der Waals surface area contributed by atoms with E-state index in [-0.39, 0.29) is 12.5 Å². The summed E-state index contributed by atoms with van der Waals surface area (Å²) in [5.41, 5.74) is 2.21. The van der Waals surface area contributed by atoms with Gasteiger partial charge in [-0.15, -0.1) is 0 Å². The van der Waals surface area contributed by atoms with Crippen molar-refractivity contribution in [2.24, 2.45) is 0 Å².